The second-order valence-corrected chi connectivity index (χ2v) is 10.4. The zero-order valence-electron chi connectivity index (χ0n) is 20.7. The molecule has 1 aromatic carbocycles. The van der Waals surface area contributed by atoms with Gasteiger partial charge in [0.1, 0.15) is 5.00 Å². The summed E-state index contributed by atoms with van der Waals surface area (Å²) in [6, 6.07) is 14.5. The molecule has 2 aromatic heterocycles. The molecule has 188 valence electrons. The van der Waals surface area contributed by atoms with Gasteiger partial charge in [-0.2, -0.15) is 0 Å². The molecule has 3 aromatic rings. The number of ether oxygens (including phenoxy) is 1. The highest BCUT2D eigenvalue weighted by Gasteiger charge is 2.31. The summed E-state index contributed by atoms with van der Waals surface area (Å²) < 4.78 is 7.70. The number of nitrogens with zero attached hydrogens (tertiary/aromatic N) is 1. The van der Waals surface area contributed by atoms with Gasteiger partial charge in [-0.05, 0) is 55.2 Å². The van der Waals surface area contributed by atoms with Crippen molar-refractivity contribution >= 4 is 34.0 Å². The Morgan fingerprint density at radius 2 is 1.83 bits per heavy atom. The number of aromatic nitrogens is 1. The fourth-order valence-electron chi connectivity index (χ4n) is 4.29. The van der Waals surface area contributed by atoms with Crippen LogP contribution in [0.3, 0.4) is 0 Å². The van der Waals surface area contributed by atoms with Crippen molar-refractivity contribution in [1.29, 1.82) is 0 Å². The summed E-state index contributed by atoms with van der Waals surface area (Å²) in [4.78, 5) is 16.9. The van der Waals surface area contributed by atoms with Crippen LogP contribution in [-0.2, 0) is 17.7 Å². The Kier molecular flexibility index (Phi) is 9.41. The fraction of sp³-hybridized carbons (Fsp3) is 0.276. The lowest BCUT2D eigenvalue weighted by Crippen LogP contribution is -2.20. The van der Waals surface area contributed by atoms with E-state index < -0.39 is 0 Å². The maximum atomic E-state index is 13.3. The predicted molar refractivity (Wildman–Crippen MR) is 152 cm³/mol. The lowest BCUT2D eigenvalue weighted by molar-refractivity contribution is 0.0525. The van der Waals surface area contributed by atoms with Gasteiger partial charge in [0, 0.05) is 52.7 Å². The minimum absolute atomic E-state index is 0.249. The molecule has 7 heteroatoms. The van der Waals surface area contributed by atoms with Crippen molar-refractivity contribution in [3.63, 3.8) is 0 Å². The number of thiophene rings is 1. The molecule has 0 aliphatic heterocycles. The van der Waals surface area contributed by atoms with Gasteiger partial charge in [0.05, 0.1) is 12.2 Å². The van der Waals surface area contributed by atoms with Crippen molar-refractivity contribution in [2.45, 2.75) is 31.2 Å². The largest absolute Gasteiger partial charge is 0.462 e. The third-order valence-corrected chi connectivity index (χ3v) is 8.49. The van der Waals surface area contributed by atoms with E-state index in [4.69, 9.17) is 4.74 Å². The van der Waals surface area contributed by atoms with E-state index >= 15 is 0 Å². The van der Waals surface area contributed by atoms with E-state index in [1.165, 1.54) is 20.3 Å². The summed E-state index contributed by atoms with van der Waals surface area (Å²) in [6.07, 6.45) is 7.48. The molecule has 0 atom stereocenters. The molecule has 0 bridgehead atoms. The molecular weight excluding hydrogens is 486 g/mol. The molecule has 0 fully saturated rings. The topological polar surface area (TPSA) is 55.3 Å². The minimum Gasteiger partial charge on any atom is -0.462 e. The van der Waals surface area contributed by atoms with Gasteiger partial charge in [-0.1, -0.05) is 42.1 Å². The molecule has 36 heavy (non-hydrogen) atoms. The summed E-state index contributed by atoms with van der Waals surface area (Å²) in [5.41, 5.74) is 4.25. The highest BCUT2D eigenvalue weighted by Crippen LogP contribution is 2.49. The highest BCUT2D eigenvalue weighted by molar-refractivity contribution is 8.08. The normalized spacial score (nSPS) is 12.9. The monoisotopic (exact) mass is 519 g/mol. The average Bonchev–Trinajstić information content (AvgIpc) is 3.51. The van der Waals surface area contributed by atoms with Crippen LogP contribution in [0.2, 0.25) is 0 Å². The number of fused-ring (bicyclic) bond motifs is 1. The Hall–Kier alpha value is -2.84. The number of benzene rings is 1. The fourth-order valence-corrected chi connectivity index (χ4v) is 6.94. The molecule has 2 N–H and O–H groups in total. The third kappa shape index (κ3) is 5.93. The van der Waals surface area contributed by atoms with Crippen LogP contribution in [0.15, 0.2) is 84.4 Å². The first-order valence-electron chi connectivity index (χ1n) is 12.3. The summed E-state index contributed by atoms with van der Waals surface area (Å²) in [5, 5.41) is 7.79. The molecule has 2 heterocycles. The average molecular weight is 520 g/mol. The van der Waals surface area contributed by atoms with Crippen LogP contribution in [-0.4, -0.2) is 36.8 Å². The number of hydrogen-bond acceptors (Lipinski definition) is 6. The highest BCUT2D eigenvalue weighted by atomic mass is 32.2. The first-order valence-corrected chi connectivity index (χ1v) is 13.9. The first kappa shape index (κ1) is 26.2. The Bertz CT molecular complexity index is 1240. The van der Waals surface area contributed by atoms with E-state index in [9.17, 15) is 4.79 Å². The van der Waals surface area contributed by atoms with Crippen LogP contribution in [0.25, 0.3) is 9.91 Å². The van der Waals surface area contributed by atoms with Crippen molar-refractivity contribution in [3.8, 4) is 5.00 Å². The van der Waals surface area contributed by atoms with Crippen molar-refractivity contribution in [2.24, 2.45) is 0 Å². The van der Waals surface area contributed by atoms with Gasteiger partial charge in [0.2, 0.25) is 0 Å². The quantitative estimate of drug-likeness (QED) is 0.160. The van der Waals surface area contributed by atoms with E-state index in [-0.39, 0.29) is 5.97 Å². The van der Waals surface area contributed by atoms with E-state index in [0.29, 0.717) is 18.7 Å². The van der Waals surface area contributed by atoms with Crippen molar-refractivity contribution in [3.05, 3.63) is 101 Å². The van der Waals surface area contributed by atoms with E-state index in [0.717, 1.165) is 48.7 Å². The van der Waals surface area contributed by atoms with Gasteiger partial charge in [-0.25, -0.2) is 4.79 Å². The van der Waals surface area contributed by atoms with E-state index in [1.54, 1.807) is 23.1 Å². The number of thioether (sulfide) groups is 1. The number of hydrogen-bond donors (Lipinski definition) is 2. The smallest absolute Gasteiger partial charge is 0.341 e. The number of carbonyl (C=O) groups is 1. The summed E-state index contributed by atoms with van der Waals surface area (Å²) >= 11 is 3.46. The molecule has 0 unspecified atom stereocenters. The molecule has 1 aliphatic carbocycles. The van der Waals surface area contributed by atoms with Gasteiger partial charge in [-0.3, -0.25) is 0 Å². The number of carbonyl (C=O) groups excluding carboxylic acids is 1. The Balaban J connectivity index is 1.83. The number of nitrogens with one attached hydrogen (secondary N) is 2. The van der Waals surface area contributed by atoms with Crippen molar-refractivity contribution in [2.75, 3.05) is 26.2 Å². The molecule has 0 saturated heterocycles. The van der Waals surface area contributed by atoms with Gasteiger partial charge in [0.15, 0.2) is 0 Å². The van der Waals surface area contributed by atoms with Crippen LogP contribution in [0.4, 0.5) is 0 Å². The zero-order valence-corrected chi connectivity index (χ0v) is 22.4. The zero-order chi connectivity index (χ0) is 25.3. The van der Waals surface area contributed by atoms with Crippen LogP contribution in [0, 0.1) is 0 Å². The predicted octanol–water partition coefficient (Wildman–Crippen LogP) is 6.22. The van der Waals surface area contributed by atoms with Crippen LogP contribution < -0.4 is 10.6 Å². The molecule has 0 saturated carbocycles. The van der Waals surface area contributed by atoms with E-state index in [1.807, 2.05) is 37.4 Å². The van der Waals surface area contributed by atoms with Gasteiger partial charge < -0.3 is 19.9 Å². The number of esters is 1. The van der Waals surface area contributed by atoms with Crippen molar-refractivity contribution < 1.29 is 9.53 Å². The molecule has 1 aliphatic rings. The molecule has 5 nitrogen and oxygen atoms in total. The Morgan fingerprint density at radius 3 is 2.56 bits per heavy atom. The lowest BCUT2D eigenvalue weighted by Gasteiger charge is -2.21. The standard InChI is InChI=1S/C29H33N3O2S2/c1-4-16-30-19-21-14-15-24-25(29(33)34-6-3)28(32-18-10-11-22(32)20-31-17-5-2)36-27(24)26(21)35-23-12-8-7-9-13-23/h4-5,7-13,18,30-31H,1-2,6,14-17,19-20H2,3H3. The third-order valence-electron chi connectivity index (χ3n) is 5.91. The lowest BCUT2D eigenvalue weighted by atomic mass is 9.94. The van der Waals surface area contributed by atoms with Gasteiger partial charge >= 0.3 is 5.97 Å². The summed E-state index contributed by atoms with van der Waals surface area (Å²) in [6.45, 7) is 12.8. The van der Waals surface area contributed by atoms with Crippen LogP contribution in [0.5, 0.6) is 0 Å². The molecule has 0 spiro atoms. The minimum atomic E-state index is -0.249. The molecule has 0 amide bonds. The summed E-state index contributed by atoms with van der Waals surface area (Å²) in [7, 11) is 0. The Labute approximate surface area is 222 Å². The van der Waals surface area contributed by atoms with Crippen LogP contribution >= 0.6 is 23.1 Å². The first-order chi connectivity index (χ1) is 17.7. The maximum absolute atomic E-state index is 13.3. The van der Waals surface area contributed by atoms with Gasteiger partial charge in [0.25, 0.3) is 0 Å². The van der Waals surface area contributed by atoms with E-state index in [2.05, 4.69) is 58.7 Å². The second-order valence-electron chi connectivity index (χ2n) is 8.37. The molecule has 4 rings (SSSR count). The maximum Gasteiger partial charge on any atom is 0.341 e. The second kappa shape index (κ2) is 12.9. The summed E-state index contributed by atoms with van der Waals surface area (Å²) in [5.74, 6) is -0.249. The van der Waals surface area contributed by atoms with Crippen molar-refractivity contribution in [1.82, 2.24) is 15.2 Å². The van der Waals surface area contributed by atoms with Crippen LogP contribution in [0.1, 0.15) is 39.8 Å². The Morgan fingerprint density at radius 1 is 1.08 bits per heavy atom. The molecular formula is C29H33N3O2S2. The van der Waals surface area contributed by atoms with Gasteiger partial charge in [-0.15, -0.1) is 24.5 Å². The SMILES string of the molecule is C=CCNCC1=C(Sc2ccccc2)c2sc(-n3cccc3CNCC=C)c(C(=O)OCC)c2CC1. The number of rotatable bonds is 13. The molecule has 0 radical (unpaired) electrons.